The van der Waals surface area contributed by atoms with Gasteiger partial charge in [-0.15, -0.1) is 0 Å². The van der Waals surface area contributed by atoms with Gasteiger partial charge in [0.05, 0.1) is 12.5 Å². The van der Waals surface area contributed by atoms with Gasteiger partial charge in [0.1, 0.15) is 5.84 Å². The van der Waals surface area contributed by atoms with E-state index >= 15 is 0 Å². The van der Waals surface area contributed by atoms with Crippen molar-refractivity contribution in [3.05, 3.63) is 0 Å². The van der Waals surface area contributed by atoms with Crippen molar-refractivity contribution in [2.24, 2.45) is 22.4 Å². The normalized spacial score (nSPS) is 18.2. The lowest BCUT2D eigenvalue weighted by atomic mass is 10.0. The molecule has 1 atom stereocenters. The molecule has 1 aliphatic heterocycles. The lowest BCUT2D eigenvalue weighted by Gasteiger charge is -2.11. The Kier molecular flexibility index (Phi) is 3.04. The minimum absolute atomic E-state index is 0.322. The van der Waals surface area contributed by atoms with Crippen LogP contribution in [0.2, 0.25) is 0 Å². The molecule has 1 unspecified atom stereocenters. The third-order valence-corrected chi connectivity index (χ3v) is 1.83. The number of hydrogen-bond donors (Lipinski definition) is 3. The summed E-state index contributed by atoms with van der Waals surface area (Å²) in [5, 5.41) is 3.02. The van der Waals surface area contributed by atoms with E-state index in [1.54, 1.807) is 0 Å². The summed E-state index contributed by atoms with van der Waals surface area (Å²) < 4.78 is 0. The highest BCUT2D eigenvalue weighted by Crippen LogP contribution is 2.05. The highest BCUT2D eigenvalue weighted by atomic mass is 16.1. The van der Waals surface area contributed by atoms with Gasteiger partial charge in [0.25, 0.3) is 0 Å². The summed E-state index contributed by atoms with van der Waals surface area (Å²) in [6.07, 6.45) is 0.571. The SMILES string of the molecule is NCCC(C(N)=O)C1=NCCN1. The Morgan fingerprint density at radius 2 is 2.50 bits per heavy atom. The fourth-order valence-electron chi connectivity index (χ4n) is 1.23. The first-order valence-electron chi connectivity index (χ1n) is 4.03. The number of hydrogen-bond acceptors (Lipinski definition) is 4. The van der Waals surface area contributed by atoms with Crippen LogP contribution < -0.4 is 16.8 Å². The van der Waals surface area contributed by atoms with Gasteiger partial charge in [0, 0.05) is 6.54 Å². The van der Waals surface area contributed by atoms with E-state index in [2.05, 4.69) is 10.3 Å². The van der Waals surface area contributed by atoms with E-state index in [1.807, 2.05) is 0 Å². The summed E-state index contributed by atoms with van der Waals surface area (Å²) in [6.45, 7) is 1.97. The van der Waals surface area contributed by atoms with Crippen LogP contribution >= 0.6 is 0 Å². The zero-order valence-corrected chi connectivity index (χ0v) is 6.92. The second-order valence-electron chi connectivity index (χ2n) is 2.73. The minimum atomic E-state index is -0.353. The third kappa shape index (κ3) is 1.94. The molecule has 0 radical (unpaired) electrons. The fourth-order valence-corrected chi connectivity index (χ4v) is 1.23. The number of nitrogens with zero attached hydrogens (tertiary/aromatic N) is 1. The van der Waals surface area contributed by atoms with Crippen molar-refractivity contribution in [1.29, 1.82) is 0 Å². The van der Waals surface area contributed by atoms with E-state index in [0.717, 1.165) is 13.1 Å². The molecule has 0 aromatic rings. The Morgan fingerprint density at radius 1 is 1.75 bits per heavy atom. The molecule has 0 aromatic heterocycles. The van der Waals surface area contributed by atoms with Crippen molar-refractivity contribution in [1.82, 2.24) is 5.32 Å². The molecular weight excluding hydrogens is 156 g/mol. The number of carbonyl (C=O) groups is 1. The predicted molar refractivity (Wildman–Crippen MR) is 46.7 cm³/mol. The number of rotatable bonds is 4. The summed E-state index contributed by atoms with van der Waals surface area (Å²) in [7, 11) is 0. The van der Waals surface area contributed by atoms with E-state index in [0.29, 0.717) is 18.8 Å². The first kappa shape index (κ1) is 8.99. The van der Waals surface area contributed by atoms with Crippen LogP contribution in [0, 0.1) is 5.92 Å². The van der Waals surface area contributed by atoms with Gasteiger partial charge in [-0.1, -0.05) is 0 Å². The average molecular weight is 170 g/mol. The second-order valence-corrected chi connectivity index (χ2v) is 2.73. The van der Waals surface area contributed by atoms with Crippen LogP contribution in [0.1, 0.15) is 6.42 Å². The molecule has 0 fully saturated rings. The molecule has 1 heterocycles. The Hall–Kier alpha value is -1.10. The molecule has 5 nitrogen and oxygen atoms in total. The van der Waals surface area contributed by atoms with Crippen molar-refractivity contribution in [2.45, 2.75) is 6.42 Å². The van der Waals surface area contributed by atoms with Crippen LogP contribution in [0.4, 0.5) is 0 Å². The van der Waals surface area contributed by atoms with Crippen LogP contribution in [0.5, 0.6) is 0 Å². The van der Waals surface area contributed by atoms with Crippen LogP contribution in [0.3, 0.4) is 0 Å². The number of carbonyl (C=O) groups excluding carboxylic acids is 1. The Labute approximate surface area is 71.2 Å². The molecule has 1 aliphatic rings. The van der Waals surface area contributed by atoms with Crippen LogP contribution in [-0.2, 0) is 4.79 Å². The second kappa shape index (κ2) is 4.06. The minimum Gasteiger partial charge on any atom is -0.371 e. The number of primary amides is 1. The molecule has 1 rings (SSSR count). The highest BCUT2D eigenvalue weighted by molar-refractivity contribution is 6.03. The quantitative estimate of drug-likeness (QED) is 0.476. The Bertz CT molecular complexity index is 202. The summed E-state index contributed by atoms with van der Waals surface area (Å²) in [6, 6.07) is 0. The molecule has 0 saturated heterocycles. The van der Waals surface area contributed by atoms with Crippen molar-refractivity contribution in [3.8, 4) is 0 Å². The number of amidine groups is 1. The summed E-state index contributed by atoms with van der Waals surface area (Å²) in [5.74, 6) is 0.0269. The predicted octanol–water partition coefficient (Wildman–Crippen LogP) is -1.56. The Morgan fingerprint density at radius 3 is 2.92 bits per heavy atom. The largest absolute Gasteiger partial charge is 0.371 e. The van der Waals surface area contributed by atoms with Gasteiger partial charge < -0.3 is 16.8 Å². The van der Waals surface area contributed by atoms with Gasteiger partial charge in [0.15, 0.2) is 0 Å². The molecule has 0 saturated carbocycles. The van der Waals surface area contributed by atoms with Gasteiger partial charge in [-0.05, 0) is 13.0 Å². The monoisotopic (exact) mass is 170 g/mol. The molecule has 5 N–H and O–H groups in total. The highest BCUT2D eigenvalue weighted by Gasteiger charge is 2.22. The molecule has 12 heavy (non-hydrogen) atoms. The number of amides is 1. The molecule has 5 heteroatoms. The van der Waals surface area contributed by atoms with Gasteiger partial charge in [-0.2, -0.15) is 0 Å². The molecule has 1 amide bonds. The molecule has 0 bridgehead atoms. The lowest BCUT2D eigenvalue weighted by molar-refractivity contribution is -0.120. The maximum atomic E-state index is 10.9. The topological polar surface area (TPSA) is 93.5 Å². The number of nitrogens with one attached hydrogen (secondary N) is 1. The van der Waals surface area contributed by atoms with Gasteiger partial charge in [0.2, 0.25) is 5.91 Å². The maximum absolute atomic E-state index is 10.9. The van der Waals surface area contributed by atoms with Crippen molar-refractivity contribution < 1.29 is 4.79 Å². The molecule has 68 valence electrons. The molecule has 0 aliphatic carbocycles. The van der Waals surface area contributed by atoms with Crippen LogP contribution in [0.25, 0.3) is 0 Å². The summed E-state index contributed by atoms with van der Waals surface area (Å²) in [5.41, 5.74) is 10.5. The Balaban J connectivity index is 2.58. The fraction of sp³-hybridized carbons (Fsp3) is 0.714. The van der Waals surface area contributed by atoms with Crippen molar-refractivity contribution in [2.75, 3.05) is 19.6 Å². The summed E-state index contributed by atoms with van der Waals surface area (Å²) >= 11 is 0. The maximum Gasteiger partial charge on any atom is 0.228 e. The summed E-state index contributed by atoms with van der Waals surface area (Å²) in [4.78, 5) is 15.0. The van der Waals surface area contributed by atoms with Crippen molar-refractivity contribution >= 4 is 11.7 Å². The van der Waals surface area contributed by atoms with Gasteiger partial charge in [-0.25, -0.2) is 0 Å². The van der Waals surface area contributed by atoms with Crippen molar-refractivity contribution in [3.63, 3.8) is 0 Å². The number of aliphatic imine (C=N–C) groups is 1. The number of nitrogens with two attached hydrogens (primary N) is 2. The molecule has 0 aromatic carbocycles. The van der Waals surface area contributed by atoms with E-state index in [1.165, 1.54) is 0 Å². The zero-order chi connectivity index (χ0) is 8.97. The van der Waals surface area contributed by atoms with E-state index in [9.17, 15) is 4.79 Å². The van der Waals surface area contributed by atoms with Gasteiger partial charge >= 0.3 is 0 Å². The first-order chi connectivity index (χ1) is 5.75. The lowest BCUT2D eigenvalue weighted by Crippen LogP contribution is -2.37. The average Bonchev–Trinajstić information content (AvgIpc) is 2.51. The molecular formula is C7H14N4O. The van der Waals surface area contributed by atoms with Crippen LogP contribution in [-0.4, -0.2) is 31.4 Å². The first-order valence-corrected chi connectivity index (χ1v) is 4.03. The standard InChI is InChI=1S/C7H14N4O/c8-2-1-5(6(9)12)7-10-3-4-11-7/h5H,1-4,8H2,(H2,9,12)(H,10,11). The van der Waals surface area contributed by atoms with E-state index < -0.39 is 0 Å². The van der Waals surface area contributed by atoms with Crippen LogP contribution in [0.15, 0.2) is 4.99 Å². The zero-order valence-electron chi connectivity index (χ0n) is 6.92. The third-order valence-electron chi connectivity index (χ3n) is 1.83. The van der Waals surface area contributed by atoms with Gasteiger partial charge in [-0.3, -0.25) is 9.79 Å². The molecule has 0 spiro atoms. The van der Waals surface area contributed by atoms with E-state index in [4.69, 9.17) is 11.5 Å². The van der Waals surface area contributed by atoms with E-state index in [-0.39, 0.29) is 11.8 Å². The smallest absolute Gasteiger partial charge is 0.228 e.